The van der Waals surface area contributed by atoms with Crippen molar-refractivity contribution in [1.29, 1.82) is 0 Å². The van der Waals surface area contributed by atoms with Gasteiger partial charge >= 0.3 is 5.97 Å². The molecule has 1 aromatic carbocycles. The lowest BCUT2D eigenvalue weighted by atomic mass is 10.1. The van der Waals surface area contributed by atoms with E-state index in [-0.39, 0.29) is 11.3 Å². The molecule has 0 aliphatic rings. The molecule has 3 N–H and O–H groups in total. The zero-order valence-electron chi connectivity index (χ0n) is 7.97. The molecule has 0 aromatic heterocycles. The van der Waals surface area contributed by atoms with Gasteiger partial charge in [0.25, 0.3) is 0 Å². The summed E-state index contributed by atoms with van der Waals surface area (Å²) >= 11 is 0. The highest BCUT2D eigenvalue weighted by Gasteiger charge is 2.10. The Morgan fingerprint density at radius 1 is 1.33 bits per heavy atom. The molecule has 0 spiro atoms. The molecule has 5 heteroatoms. The van der Waals surface area contributed by atoms with Crippen LogP contribution in [0.5, 0.6) is 17.2 Å². The molecule has 0 saturated heterocycles. The number of carbonyl (C=O) groups is 1. The monoisotopic (exact) mass is 210 g/mol. The number of ether oxygens (including phenoxy) is 1. The predicted molar refractivity (Wildman–Crippen MR) is 53.0 cm³/mol. The number of methoxy groups -OCH3 is 1. The molecule has 0 aliphatic heterocycles. The van der Waals surface area contributed by atoms with Gasteiger partial charge in [0.1, 0.15) is 0 Å². The second-order valence-electron chi connectivity index (χ2n) is 2.73. The minimum atomic E-state index is -1.13. The van der Waals surface area contributed by atoms with Crippen molar-refractivity contribution < 1.29 is 24.9 Å². The fraction of sp³-hybridized carbons (Fsp3) is 0.100. The molecule has 1 rings (SSSR count). The van der Waals surface area contributed by atoms with Crippen molar-refractivity contribution >= 4 is 12.0 Å². The first-order valence-electron chi connectivity index (χ1n) is 4.06. The largest absolute Gasteiger partial charge is 0.504 e. The van der Waals surface area contributed by atoms with Gasteiger partial charge in [-0.05, 0) is 18.2 Å². The van der Waals surface area contributed by atoms with E-state index in [4.69, 9.17) is 9.84 Å². The molecule has 0 atom stereocenters. The van der Waals surface area contributed by atoms with Gasteiger partial charge in [-0.2, -0.15) is 0 Å². The second kappa shape index (κ2) is 4.36. The fourth-order valence-electron chi connectivity index (χ4n) is 1.04. The van der Waals surface area contributed by atoms with Crippen LogP contribution in [-0.2, 0) is 4.79 Å². The third-order valence-electron chi connectivity index (χ3n) is 1.77. The molecular formula is C10H10O5. The highest BCUT2D eigenvalue weighted by atomic mass is 16.5. The van der Waals surface area contributed by atoms with Gasteiger partial charge in [-0.3, -0.25) is 0 Å². The number of phenolic OH excluding ortho intramolecular Hbond substituents is 2. The van der Waals surface area contributed by atoms with Crippen molar-refractivity contribution in [3.05, 3.63) is 23.8 Å². The number of hydrogen-bond donors (Lipinski definition) is 3. The lowest BCUT2D eigenvalue weighted by Gasteiger charge is -2.06. The first-order chi connectivity index (χ1) is 7.06. The van der Waals surface area contributed by atoms with Gasteiger partial charge in [0.05, 0.1) is 7.11 Å². The molecule has 15 heavy (non-hydrogen) atoms. The number of phenols is 2. The summed E-state index contributed by atoms with van der Waals surface area (Å²) in [5.74, 6) is -1.83. The molecule has 5 nitrogen and oxygen atoms in total. The van der Waals surface area contributed by atoms with Gasteiger partial charge in [-0.1, -0.05) is 0 Å². The van der Waals surface area contributed by atoms with Gasteiger partial charge in [0.2, 0.25) is 5.75 Å². The predicted octanol–water partition coefficient (Wildman–Crippen LogP) is 1.20. The van der Waals surface area contributed by atoms with Gasteiger partial charge in [0, 0.05) is 11.6 Å². The van der Waals surface area contributed by atoms with Crippen LogP contribution >= 0.6 is 0 Å². The lowest BCUT2D eigenvalue weighted by molar-refractivity contribution is -0.131. The quantitative estimate of drug-likeness (QED) is 0.515. The van der Waals surface area contributed by atoms with E-state index in [0.29, 0.717) is 0 Å². The van der Waals surface area contributed by atoms with E-state index < -0.39 is 17.5 Å². The van der Waals surface area contributed by atoms with Crippen LogP contribution in [0, 0.1) is 0 Å². The SMILES string of the molecule is COc1ccc(C=CC(=O)O)c(O)c1O. The van der Waals surface area contributed by atoms with Gasteiger partial charge in [0.15, 0.2) is 11.5 Å². The van der Waals surface area contributed by atoms with Crippen LogP contribution in [0.1, 0.15) is 5.56 Å². The normalized spacial score (nSPS) is 10.5. The molecule has 0 unspecified atom stereocenters. The highest BCUT2D eigenvalue weighted by molar-refractivity contribution is 5.86. The van der Waals surface area contributed by atoms with Crippen LogP contribution in [0.25, 0.3) is 6.08 Å². The number of hydrogen-bond acceptors (Lipinski definition) is 4. The zero-order chi connectivity index (χ0) is 11.4. The third kappa shape index (κ3) is 2.40. The van der Waals surface area contributed by atoms with E-state index >= 15 is 0 Å². The average Bonchev–Trinajstić information content (AvgIpc) is 2.20. The summed E-state index contributed by atoms with van der Waals surface area (Å²) in [4.78, 5) is 10.2. The molecule has 0 heterocycles. The molecule has 0 fully saturated rings. The van der Waals surface area contributed by atoms with Crippen LogP contribution in [0.3, 0.4) is 0 Å². The van der Waals surface area contributed by atoms with Crippen LogP contribution in [-0.4, -0.2) is 28.4 Å². The standard InChI is InChI=1S/C10H10O5/c1-15-7-4-2-6(3-5-8(11)12)9(13)10(7)14/h2-5,13-14H,1H3,(H,11,12). The Bertz CT molecular complexity index is 409. The van der Waals surface area contributed by atoms with E-state index in [2.05, 4.69) is 0 Å². The minimum absolute atomic E-state index is 0.125. The number of aromatic hydroxyl groups is 2. The first-order valence-corrected chi connectivity index (χ1v) is 4.06. The summed E-state index contributed by atoms with van der Waals surface area (Å²) in [6, 6.07) is 2.86. The summed E-state index contributed by atoms with van der Waals surface area (Å²) in [5, 5.41) is 27.2. The fourth-order valence-corrected chi connectivity index (χ4v) is 1.04. The zero-order valence-corrected chi connectivity index (χ0v) is 7.97. The molecule has 0 radical (unpaired) electrons. The number of carboxylic acid groups (broad SMARTS) is 1. The van der Waals surface area contributed by atoms with Crippen molar-refractivity contribution in [2.24, 2.45) is 0 Å². The summed E-state index contributed by atoms with van der Waals surface area (Å²) in [6.07, 6.45) is 2.04. The Hall–Kier alpha value is -2.17. The molecule has 80 valence electrons. The van der Waals surface area contributed by atoms with Crippen molar-refractivity contribution in [3.63, 3.8) is 0 Å². The van der Waals surface area contributed by atoms with Crippen LogP contribution < -0.4 is 4.74 Å². The summed E-state index contributed by atoms with van der Waals surface area (Å²) in [7, 11) is 1.35. The minimum Gasteiger partial charge on any atom is -0.504 e. The Kier molecular flexibility index (Phi) is 3.17. The van der Waals surface area contributed by atoms with Crippen LogP contribution in [0.2, 0.25) is 0 Å². The Morgan fingerprint density at radius 2 is 2.00 bits per heavy atom. The maximum Gasteiger partial charge on any atom is 0.328 e. The Morgan fingerprint density at radius 3 is 2.53 bits per heavy atom. The molecule has 0 bridgehead atoms. The summed E-state index contributed by atoms with van der Waals surface area (Å²) < 4.78 is 4.76. The van der Waals surface area contributed by atoms with Crippen molar-refractivity contribution in [1.82, 2.24) is 0 Å². The summed E-state index contributed by atoms with van der Waals surface area (Å²) in [6.45, 7) is 0. The van der Waals surface area contributed by atoms with Crippen molar-refractivity contribution in [3.8, 4) is 17.2 Å². The smallest absolute Gasteiger partial charge is 0.328 e. The number of carboxylic acids is 1. The topological polar surface area (TPSA) is 87.0 Å². The highest BCUT2D eigenvalue weighted by Crippen LogP contribution is 2.38. The lowest BCUT2D eigenvalue weighted by Crippen LogP contribution is -1.88. The molecule has 0 saturated carbocycles. The van der Waals surface area contributed by atoms with Crippen LogP contribution in [0.15, 0.2) is 18.2 Å². The van der Waals surface area contributed by atoms with Gasteiger partial charge in [-0.15, -0.1) is 0 Å². The average molecular weight is 210 g/mol. The van der Waals surface area contributed by atoms with Crippen LogP contribution in [0.4, 0.5) is 0 Å². The van der Waals surface area contributed by atoms with E-state index in [1.54, 1.807) is 0 Å². The maximum atomic E-state index is 10.2. The number of benzene rings is 1. The van der Waals surface area contributed by atoms with E-state index in [9.17, 15) is 15.0 Å². The van der Waals surface area contributed by atoms with E-state index in [1.165, 1.54) is 25.3 Å². The maximum absolute atomic E-state index is 10.2. The first kappa shape index (κ1) is 10.9. The van der Waals surface area contributed by atoms with E-state index in [1.807, 2.05) is 0 Å². The molecule has 0 aliphatic carbocycles. The van der Waals surface area contributed by atoms with Crippen molar-refractivity contribution in [2.45, 2.75) is 0 Å². The third-order valence-corrected chi connectivity index (χ3v) is 1.77. The van der Waals surface area contributed by atoms with E-state index in [0.717, 1.165) is 6.08 Å². The summed E-state index contributed by atoms with van der Waals surface area (Å²) in [5.41, 5.74) is 0.204. The Balaban J connectivity index is 3.12. The molecule has 0 amide bonds. The van der Waals surface area contributed by atoms with Gasteiger partial charge in [-0.25, -0.2) is 4.79 Å². The Labute approximate surface area is 85.9 Å². The van der Waals surface area contributed by atoms with Gasteiger partial charge < -0.3 is 20.1 Å². The number of aliphatic carboxylic acids is 1. The number of rotatable bonds is 3. The molecule has 1 aromatic rings. The van der Waals surface area contributed by atoms with Crippen molar-refractivity contribution in [2.75, 3.05) is 7.11 Å². The second-order valence-corrected chi connectivity index (χ2v) is 2.73. The molecular weight excluding hydrogens is 200 g/mol.